The summed E-state index contributed by atoms with van der Waals surface area (Å²) >= 11 is 0. The molecular weight excluding hydrogens is 451 g/mol. The first-order chi connectivity index (χ1) is 17.5. The van der Waals surface area contributed by atoms with Gasteiger partial charge >= 0.3 is 5.97 Å². The smallest absolute Gasteiger partial charge is 0.336 e. The summed E-state index contributed by atoms with van der Waals surface area (Å²) in [6, 6.07) is 17.8. The van der Waals surface area contributed by atoms with Gasteiger partial charge in [-0.2, -0.15) is 0 Å². The molecule has 3 aromatic carbocycles. The van der Waals surface area contributed by atoms with Gasteiger partial charge in [0, 0.05) is 5.56 Å². The maximum absolute atomic E-state index is 15.4. The maximum atomic E-state index is 15.4. The predicted molar refractivity (Wildman–Crippen MR) is 146 cm³/mol. The van der Waals surface area contributed by atoms with Crippen molar-refractivity contribution in [3.63, 3.8) is 0 Å². The summed E-state index contributed by atoms with van der Waals surface area (Å²) in [7, 11) is 0. The van der Waals surface area contributed by atoms with Gasteiger partial charge in [0.25, 0.3) is 0 Å². The molecule has 1 N–H and O–H groups in total. The fraction of sp³-hybridized carbons (Fsp3) is 0.406. The number of unbranched alkanes of at least 4 members (excludes halogenated alkanes) is 7. The molecule has 192 valence electrons. The Morgan fingerprint density at radius 1 is 0.750 bits per heavy atom. The molecule has 0 fully saturated rings. The van der Waals surface area contributed by atoms with Gasteiger partial charge in [-0.05, 0) is 65.8 Å². The highest BCUT2D eigenvalue weighted by molar-refractivity contribution is 5.99. The Kier molecular flexibility index (Phi) is 11.0. The number of benzene rings is 3. The van der Waals surface area contributed by atoms with Crippen molar-refractivity contribution in [3.05, 3.63) is 77.6 Å². The van der Waals surface area contributed by atoms with Crippen LogP contribution < -0.4 is 4.74 Å². The van der Waals surface area contributed by atoms with Crippen molar-refractivity contribution in [1.29, 1.82) is 0 Å². The number of carboxylic acids is 1. The number of hydrogen-bond donors (Lipinski definition) is 1. The van der Waals surface area contributed by atoms with E-state index >= 15 is 4.39 Å². The van der Waals surface area contributed by atoms with E-state index in [-0.39, 0.29) is 11.4 Å². The molecule has 0 unspecified atom stereocenters. The molecule has 3 nitrogen and oxygen atoms in total. The van der Waals surface area contributed by atoms with Crippen LogP contribution in [-0.4, -0.2) is 17.7 Å². The van der Waals surface area contributed by atoms with Crippen LogP contribution in [0, 0.1) is 5.82 Å². The van der Waals surface area contributed by atoms with Crippen LogP contribution in [0.4, 0.5) is 4.39 Å². The fourth-order valence-corrected chi connectivity index (χ4v) is 4.56. The minimum Gasteiger partial charge on any atom is -0.494 e. The fourth-order valence-electron chi connectivity index (χ4n) is 4.56. The largest absolute Gasteiger partial charge is 0.494 e. The van der Waals surface area contributed by atoms with Gasteiger partial charge in [0.1, 0.15) is 11.6 Å². The molecule has 3 rings (SSSR count). The molecule has 0 aliphatic rings. The summed E-state index contributed by atoms with van der Waals surface area (Å²) in [5, 5.41) is 9.76. The highest BCUT2D eigenvalue weighted by atomic mass is 19.1. The quantitative estimate of drug-likeness (QED) is 0.216. The SMILES string of the molecule is CCCCCCCCOc1ccc(-c2ccccc2C(=O)O)c(-c2ccc(CCCCC)cc2F)c1. The molecule has 36 heavy (non-hydrogen) atoms. The van der Waals surface area contributed by atoms with Gasteiger partial charge in [-0.15, -0.1) is 0 Å². The van der Waals surface area contributed by atoms with Gasteiger partial charge in [0.15, 0.2) is 0 Å². The highest BCUT2D eigenvalue weighted by Gasteiger charge is 2.18. The van der Waals surface area contributed by atoms with Gasteiger partial charge in [-0.25, -0.2) is 9.18 Å². The molecule has 0 heterocycles. The highest BCUT2D eigenvalue weighted by Crippen LogP contribution is 2.38. The lowest BCUT2D eigenvalue weighted by Gasteiger charge is -2.16. The lowest BCUT2D eigenvalue weighted by atomic mass is 9.90. The molecule has 3 aromatic rings. The van der Waals surface area contributed by atoms with Crippen molar-refractivity contribution in [2.45, 2.75) is 78.1 Å². The molecule has 0 saturated heterocycles. The van der Waals surface area contributed by atoms with Gasteiger partial charge in [-0.3, -0.25) is 0 Å². The van der Waals surface area contributed by atoms with Gasteiger partial charge < -0.3 is 9.84 Å². The van der Waals surface area contributed by atoms with Crippen LogP contribution in [0.15, 0.2) is 60.7 Å². The van der Waals surface area contributed by atoms with Crippen LogP contribution in [0.3, 0.4) is 0 Å². The summed E-state index contributed by atoms with van der Waals surface area (Å²) < 4.78 is 21.5. The molecule has 0 atom stereocenters. The van der Waals surface area contributed by atoms with Crippen LogP contribution in [0.25, 0.3) is 22.3 Å². The number of carbonyl (C=O) groups is 1. The van der Waals surface area contributed by atoms with Crippen molar-refractivity contribution >= 4 is 5.97 Å². The zero-order valence-electron chi connectivity index (χ0n) is 21.7. The van der Waals surface area contributed by atoms with E-state index in [9.17, 15) is 9.90 Å². The maximum Gasteiger partial charge on any atom is 0.336 e. The summed E-state index contributed by atoms with van der Waals surface area (Å²) in [5.74, 6) is -0.639. The topological polar surface area (TPSA) is 46.5 Å². The van der Waals surface area contributed by atoms with Crippen LogP contribution in [0.5, 0.6) is 5.75 Å². The first-order valence-corrected chi connectivity index (χ1v) is 13.4. The van der Waals surface area contributed by atoms with Crippen molar-refractivity contribution in [2.24, 2.45) is 0 Å². The standard InChI is InChI=1S/C32H39FO3/c1-3-5-7-8-9-13-21-36-25-18-20-27(26-15-11-12-16-29(26)32(34)35)30(23-25)28-19-17-24(22-31(28)33)14-10-6-4-2/h11-12,15-20,22-23H,3-10,13-14,21H2,1-2H3,(H,34,35). The van der Waals surface area contributed by atoms with Crippen molar-refractivity contribution < 1.29 is 19.0 Å². The van der Waals surface area contributed by atoms with Crippen LogP contribution in [0.2, 0.25) is 0 Å². The normalized spacial score (nSPS) is 11.0. The van der Waals surface area contributed by atoms with Crippen molar-refractivity contribution in [1.82, 2.24) is 0 Å². The molecule has 0 aromatic heterocycles. The van der Waals surface area contributed by atoms with Crippen LogP contribution >= 0.6 is 0 Å². The predicted octanol–water partition coefficient (Wildman–Crippen LogP) is 9.33. The van der Waals surface area contributed by atoms with E-state index in [1.165, 1.54) is 25.7 Å². The Hall–Kier alpha value is -3.14. The Morgan fingerprint density at radius 3 is 2.19 bits per heavy atom. The molecule has 0 aliphatic heterocycles. The summed E-state index contributed by atoms with van der Waals surface area (Å²) in [5.41, 5.74) is 3.51. The third-order valence-corrected chi connectivity index (χ3v) is 6.60. The Labute approximate surface area is 215 Å². The second-order valence-electron chi connectivity index (χ2n) is 9.45. The number of hydrogen-bond acceptors (Lipinski definition) is 2. The minimum atomic E-state index is -1.01. The third-order valence-electron chi connectivity index (χ3n) is 6.60. The second kappa shape index (κ2) is 14.4. The Balaban J connectivity index is 1.91. The van der Waals surface area contributed by atoms with E-state index in [1.807, 2.05) is 36.4 Å². The summed E-state index contributed by atoms with van der Waals surface area (Å²) in [6.07, 6.45) is 11.2. The van der Waals surface area contributed by atoms with E-state index in [0.29, 0.717) is 34.6 Å². The molecule has 0 amide bonds. The van der Waals surface area contributed by atoms with E-state index in [4.69, 9.17) is 4.74 Å². The average molecular weight is 491 g/mol. The molecule has 4 heteroatoms. The average Bonchev–Trinajstić information content (AvgIpc) is 2.88. The van der Waals surface area contributed by atoms with Crippen LogP contribution in [0.1, 0.15) is 87.6 Å². The third kappa shape index (κ3) is 7.68. The van der Waals surface area contributed by atoms with Gasteiger partial charge in [0.05, 0.1) is 12.2 Å². The number of rotatable bonds is 15. The first kappa shape index (κ1) is 27.4. The number of halogens is 1. The summed E-state index contributed by atoms with van der Waals surface area (Å²) in [4.78, 5) is 11.9. The second-order valence-corrected chi connectivity index (χ2v) is 9.45. The number of carboxylic acid groups (broad SMARTS) is 1. The van der Waals surface area contributed by atoms with E-state index in [2.05, 4.69) is 13.8 Å². The van der Waals surface area contributed by atoms with E-state index in [0.717, 1.165) is 44.1 Å². The summed E-state index contributed by atoms with van der Waals surface area (Å²) in [6.45, 7) is 4.97. The van der Waals surface area contributed by atoms with Gasteiger partial charge in [-0.1, -0.05) is 95.2 Å². The molecule has 0 saturated carbocycles. The van der Waals surface area contributed by atoms with Crippen molar-refractivity contribution in [3.8, 4) is 28.0 Å². The molecule has 0 radical (unpaired) electrons. The van der Waals surface area contributed by atoms with Gasteiger partial charge in [0.2, 0.25) is 0 Å². The zero-order valence-corrected chi connectivity index (χ0v) is 21.7. The minimum absolute atomic E-state index is 0.191. The molecule has 0 aliphatic carbocycles. The van der Waals surface area contributed by atoms with E-state index in [1.54, 1.807) is 24.3 Å². The van der Waals surface area contributed by atoms with E-state index < -0.39 is 5.97 Å². The molecule has 0 spiro atoms. The number of ether oxygens (including phenoxy) is 1. The number of aryl methyl sites for hydroxylation is 1. The van der Waals surface area contributed by atoms with Crippen molar-refractivity contribution in [2.75, 3.05) is 6.61 Å². The van der Waals surface area contributed by atoms with Crippen LogP contribution in [-0.2, 0) is 6.42 Å². The lowest BCUT2D eigenvalue weighted by molar-refractivity contribution is 0.0697. The Morgan fingerprint density at radius 2 is 1.44 bits per heavy atom. The lowest BCUT2D eigenvalue weighted by Crippen LogP contribution is -2.02. The monoisotopic (exact) mass is 490 g/mol. The first-order valence-electron chi connectivity index (χ1n) is 13.4. The number of aromatic carboxylic acids is 1. The molecule has 0 bridgehead atoms. The molecular formula is C32H39FO3. The zero-order chi connectivity index (χ0) is 25.8. The Bertz CT molecular complexity index is 1120.